The first-order chi connectivity index (χ1) is 9.98. The van der Waals surface area contributed by atoms with Crippen molar-refractivity contribution in [2.45, 2.75) is 13.5 Å². The van der Waals surface area contributed by atoms with E-state index in [1.165, 1.54) is 12.1 Å². The Morgan fingerprint density at radius 2 is 1.86 bits per heavy atom. The molecule has 0 saturated carbocycles. The Hall–Kier alpha value is -2.08. The quantitative estimate of drug-likeness (QED) is 0.891. The molecule has 0 radical (unpaired) electrons. The summed E-state index contributed by atoms with van der Waals surface area (Å²) >= 11 is 0. The topological polar surface area (TPSA) is 55.4 Å². The molecule has 0 saturated heterocycles. The van der Waals surface area contributed by atoms with E-state index in [4.69, 9.17) is 4.74 Å². The van der Waals surface area contributed by atoms with Gasteiger partial charge in [0.15, 0.2) is 0 Å². The lowest BCUT2D eigenvalue weighted by Gasteiger charge is -2.09. The standard InChI is InChI=1S/C15H16FNO3S/c1-2-21(18,19)17-14-6-8-15(9-7-14)20-11-12-4-3-5-13(16)10-12/h3-10,17H,2,11H2,1H3. The van der Waals surface area contributed by atoms with E-state index >= 15 is 0 Å². The molecule has 1 N–H and O–H groups in total. The zero-order chi connectivity index (χ0) is 15.3. The third-order valence-electron chi connectivity index (χ3n) is 2.80. The van der Waals surface area contributed by atoms with Crippen LogP contribution in [0.5, 0.6) is 5.75 Å². The number of ether oxygens (including phenoxy) is 1. The smallest absolute Gasteiger partial charge is 0.232 e. The lowest BCUT2D eigenvalue weighted by Crippen LogP contribution is -2.14. The van der Waals surface area contributed by atoms with Gasteiger partial charge in [-0.1, -0.05) is 12.1 Å². The van der Waals surface area contributed by atoms with Crippen LogP contribution >= 0.6 is 0 Å². The second-order valence-electron chi connectivity index (χ2n) is 4.45. The zero-order valence-electron chi connectivity index (χ0n) is 11.5. The number of halogens is 1. The highest BCUT2D eigenvalue weighted by Crippen LogP contribution is 2.18. The van der Waals surface area contributed by atoms with Crippen molar-refractivity contribution in [3.8, 4) is 5.75 Å². The number of anilines is 1. The summed E-state index contributed by atoms with van der Waals surface area (Å²) in [5, 5.41) is 0. The highest BCUT2D eigenvalue weighted by Gasteiger charge is 2.06. The summed E-state index contributed by atoms with van der Waals surface area (Å²) in [6.07, 6.45) is 0. The van der Waals surface area contributed by atoms with E-state index in [9.17, 15) is 12.8 Å². The number of sulfonamides is 1. The highest BCUT2D eigenvalue weighted by molar-refractivity contribution is 7.92. The predicted molar refractivity (Wildman–Crippen MR) is 80.3 cm³/mol. The minimum absolute atomic E-state index is 0.0187. The van der Waals surface area contributed by atoms with Crippen molar-refractivity contribution in [1.82, 2.24) is 0 Å². The molecule has 21 heavy (non-hydrogen) atoms. The number of hydrogen-bond donors (Lipinski definition) is 1. The molecule has 0 spiro atoms. The van der Waals surface area contributed by atoms with Crippen molar-refractivity contribution in [2.24, 2.45) is 0 Å². The molecule has 0 fully saturated rings. The van der Waals surface area contributed by atoms with Gasteiger partial charge in [-0.3, -0.25) is 4.72 Å². The molecule has 6 heteroatoms. The van der Waals surface area contributed by atoms with Crippen molar-refractivity contribution >= 4 is 15.7 Å². The SMILES string of the molecule is CCS(=O)(=O)Nc1ccc(OCc2cccc(F)c2)cc1. The first-order valence-electron chi connectivity index (χ1n) is 6.46. The van der Waals surface area contributed by atoms with Crippen molar-refractivity contribution in [2.75, 3.05) is 10.5 Å². The van der Waals surface area contributed by atoms with Gasteiger partial charge >= 0.3 is 0 Å². The second kappa shape index (κ2) is 6.58. The fourth-order valence-electron chi connectivity index (χ4n) is 1.66. The van der Waals surface area contributed by atoms with Gasteiger partial charge in [0.25, 0.3) is 0 Å². The third-order valence-corrected chi connectivity index (χ3v) is 4.11. The number of hydrogen-bond acceptors (Lipinski definition) is 3. The molecule has 0 aliphatic rings. The average molecular weight is 309 g/mol. The van der Waals surface area contributed by atoms with Gasteiger partial charge in [-0.2, -0.15) is 0 Å². The molecule has 4 nitrogen and oxygen atoms in total. The van der Waals surface area contributed by atoms with Gasteiger partial charge in [0.2, 0.25) is 10.0 Å². The Balaban J connectivity index is 1.96. The predicted octanol–water partition coefficient (Wildman–Crippen LogP) is 3.17. The van der Waals surface area contributed by atoms with Crippen LogP contribution in [0.1, 0.15) is 12.5 Å². The molecular weight excluding hydrogens is 293 g/mol. The van der Waals surface area contributed by atoms with Crippen LogP contribution in [-0.4, -0.2) is 14.2 Å². The Morgan fingerprint density at radius 1 is 1.14 bits per heavy atom. The van der Waals surface area contributed by atoms with Gasteiger partial charge in [0, 0.05) is 5.69 Å². The van der Waals surface area contributed by atoms with Gasteiger partial charge in [0.1, 0.15) is 18.2 Å². The summed E-state index contributed by atoms with van der Waals surface area (Å²) in [4.78, 5) is 0. The third kappa shape index (κ3) is 4.75. The molecule has 0 amide bonds. The van der Waals surface area contributed by atoms with Crippen LogP contribution in [0.25, 0.3) is 0 Å². The molecule has 2 rings (SSSR count). The normalized spacial score (nSPS) is 11.1. The first-order valence-corrected chi connectivity index (χ1v) is 8.11. The maximum absolute atomic E-state index is 13.0. The Kier molecular flexibility index (Phi) is 4.80. The summed E-state index contributed by atoms with van der Waals surface area (Å²) in [5.41, 5.74) is 1.21. The van der Waals surface area contributed by atoms with E-state index in [0.29, 0.717) is 11.4 Å². The van der Waals surface area contributed by atoms with Crippen LogP contribution in [0.2, 0.25) is 0 Å². The molecule has 0 aliphatic carbocycles. The van der Waals surface area contributed by atoms with Crippen molar-refractivity contribution in [1.29, 1.82) is 0 Å². The number of nitrogens with one attached hydrogen (secondary N) is 1. The lowest BCUT2D eigenvalue weighted by atomic mass is 10.2. The Bertz CT molecular complexity index is 699. The fraction of sp³-hybridized carbons (Fsp3) is 0.200. The van der Waals surface area contributed by atoms with E-state index in [0.717, 1.165) is 5.56 Å². The molecular formula is C15H16FNO3S. The van der Waals surface area contributed by atoms with Crippen LogP contribution in [-0.2, 0) is 16.6 Å². The highest BCUT2D eigenvalue weighted by atomic mass is 32.2. The van der Waals surface area contributed by atoms with Crippen molar-refractivity contribution < 1.29 is 17.5 Å². The van der Waals surface area contributed by atoms with E-state index in [1.54, 1.807) is 43.3 Å². The van der Waals surface area contributed by atoms with Crippen LogP contribution in [0.4, 0.5) is 10.1 Å². The van der Waals surface area contributed by atoms with Gasteiger partial charge in [0.05, 0.1) is 5.75 Å². The molecule has 0 atom stereocenters. The van der Waals surface area contributed by atoms with Crippen LogP contribution in [0.15, 0.2) is 48.5 Å². The molecule has 112 valence electrons. The summed E-state index contributed by atoms with van der Waals surface area (Å²) in [7, 11) is -3.28. The van der Waals surface area contributed by atoms with Gasteiger partial charge in [-0.25, -0.2) is 12.8 Å². The Labute approximate surface area is 123 Å². The number of rotatable bonds is 6. The van der Waals surface area contributed by atoms with E-state index in [2.05, 4.69) is 4.72 Å². The van der Waals surface area contributed by atoms with Crippen LogP contribution in [0.3, 0.4) is 0 Å². The molecule has 0 aromatic heterocycles. The second-order valence-corrected chi connectivity index (χ2v) is 6.46. The summed E-state index contributed by atoms with van der Waals surface area (Å²) in [6.45, 7) is 1.82. The molecule has 0 unspecified atom stereocenters. The van der Waals surface area contributed by atoms with Crippen molar-refractivity contribution in [3.05, 3.63) is 59.9 Å². The maximum Gasteiger partial charge on any atom is 0.232 e. The lowest BCUT2D eigenvalue weighted by molar-refractivity contribution is 0.305. The summed E-state index contributed by atoms with van der Waals surface area (Å²) < 4.78 is 43.8. The molecule has 0 heterocycles. The average Bonchev–Trinajstić information content (AvgIpc) is 2.46. The Morgan fingerprint density at radius 3 is 2.48 bits per heavy atom. The van der Waals surface area contributed by atoms with Gasteiger partial charge < -0.3 is 4.74 Å². The summed E-state index contributed by atoms with van der Waals surface area (Å²) in [6, 6.07) is 12.7. The van der Waals surface area contributed by atoms with E-state index < -0.39 is 10.0 Å². The fourth-order valence-corrected chi connectivity index (χ4v) is 2.30. The molecule has 0 bridgehead atoms. The minimum Gasteiger partial charge on any atom is -0.489 e. The van der Waals surface area contributed by atoms with Crippen molar-refractivity contribution in [3.63, 3.8) is 0 Å². The maximum atomic E-state index is 13.0. The summed E-state index contributed by atoms with van der Waals surface area (Å²) in [5.74, 6) is 0.296. The van der Waals surface area contributed by atoms with E-state index in [1.807, 2.05) is 0 Å². The monoisotopic (exact) mass is 309 g/mol. The minimum atomic E-state index is -3.28. The molecule has 0 aliphatic heterocycles. The van der Waals surface area contributed by atoms with Gasteiger partial charge in [-0.05, 0) is 48.9 Å². The molecule has 2 aromatic rings. The van der Waals surface area contributed by atoms with E-state index in [-0.39, 0.29) is 18.2 Å². The number of benzene rings is 2. The largest absolute Gasteiger partial charge is 0.489 e. The first kappa shape index (κ1) is 15.3. The zero-order valence-corrected chi connectivity index (χ0v) is 12.4. The van der Waals surface area contributed by atoms with Crippen LogP contribution < -0.4 is 9.46 Å². The van der Waals surface area contributed by atoms with Gasteiger partial charge in [-0.15, -0.1) is 0 Å². The van der Waals surface area contributed by atoms with Crippen LogP contribution in [0, 0.1) is 5.82 Å². The molecule has 2 aromatic carbocycles.